The van der Waals surface area contributed by atoms with Crippen LogP contribution in [0.2, 0.25) is 5.02 Å². The lowest BCUT2D eigenvalue weighted by molar-refractivity contribution is -0.0715. The minimum Gasteiger partial charge on any atom is -0.443 e. The highest BCUT2D eigenvalue weighted by molar-refractivity contribution is 6.30. The van der Waals surface area contributed by atoms with Gasteiger partial charge in [-0.1, -0.05) is 37.6 Å². The number of aromatic nitrogens is 1. The molecule has 0 saturated heterocycles. The quantitative estimate of drug-likeness (QED) is 0.479. The van der Waals surface area contributed by atoms with Crippen molar-refractivity contribution in [3.63, 3.8) is 0 Å². The van der Waals surface area contributed by atoms with Crippen LogP contribution in [-0.4, -0.2) is 4.98 Å². The van der Waals surface area contributed by atoms with Gasteiger partial charge >= 0.3 is 0 Å². The standard InChI is InChI=1S/C20H14ClF2NO2.C2H6/c1-11-8-16(23)14(9-15(11)22)13-4-3-5-17-19(13)26-20(2,25-17)18-7-6-12(21)10-24-18;1-2/h3-10H,1-2H3;1-2H3. The van der Waals surface area contributed by atoms with E-state index in [0.29, 0.717) is 27.8 Å². The van der Waals surface area contributed by atoms with E-state index in [4.69, 9.17) is 21.1 Å². The summed E-state index contributed by atoms with van der Waals surface area (Å²) in [5, 5.41) is 0.491. The van der Waals surface area contributed by atoms with Gasteiger partial charge in [0.2, 0.25) is 0 Å². The Hall–Kier alpha value is -2.66. The molecule has 2 aromatic carbocycles. The zero-order valence-corrected chi connectivity index (χ0v) is 16.8. The first kappa shape index (κ1) is 20.1. The number of benzene rings is 2. The van der Waals surface area contributed by atoms with E-state index in [-0.39, 0.29) is 11.1 Å². The van der Waals surface area contributed by atoms with E-state index in [1.807, 2.05) is 13.8 Å². The van der Waals surface area contributed by atoms with Gasteiger partial charge in [-0.3, -0.25) is 4.98 Å². The van der Waals surface area contributed by atoms with Gasteiger partial charge in [-0.2, -0.15) is 0 Å². The third-order valence-electron chi connectivity index (χ3n) is 4.31. The zero-order chi connectivity index (χ0) is 20.5. The summed E-state index contributed by atoms with van der Waals surface area (Å²) >= 11 is 5.88. The van der Waals surface area contributed by atoms with Gasteiger partial charge in [-0.05, 0) is 42.8 Å². The van der Waals surface area contributed by atoms with Gasteiger partial charge in [0.25, 0.3) is 5.79 Å². The van der Waals surface area contributed by atoms with Crippen molar-refractivity contribution in [1.29, 1.82) is 0 Å². The second-order valence-electron chi connectivity index (χ2n) is 6.23. The lowest BCUT2D eigenvalue weighted by Crippen LogP contribution is -2.32. The van der Waals surface area contributed by atoms with Crippen molar-refractivity contribution >= 4 is 11.6 Å². The molecule has 0 N–H and O–H groups in total. The lowest BCUT2D eigenvalue weighted by atomic mass is 10.0. The van der Waals surface area contributed by atoms with E-state index in [0.717, 1.165) is 0 Å². The van der Waals surface area contributed by atoms with Crippen LogP contribution in [0.5, 0.6) is 11.5 Å². The number of hydrogen-bond acceptors (Lipinski definition) is 3. The molecule has 0 spiro atoms. The van der Waals surface area contributed by atoms with Crippen LogP contribution >= 0.6 is 11.6 Å². The molecule has 0 bridgehead atoms. The molecule has 1 aliphatic rings. The van der Waals surface area contributed by atoms with Gasteiger partial charge in [0, 0.05) is 24.2 Å². The number of ether oxygens (including phenoxy) is 2. The molecule has 4 rings (SSSR count). The maximum Gasteiger partial charge on any atom is 0.292 e. The molecule has 146 valence electrons. The number of halogens is 3. The number of pyridine rings is 1. The second kappa shape index (κ2) is 7.76. The first-order chi connectivity index (χ1) is 13.4. The van der Waals surface area contributed by atoms with Crippen LogP contribution < -0.4 is 9.47 Å². The molecule has 0 aliphatic carbocycles. The third kappa shape index (κ3) is 3.54. The highest BCUT2D eigenvalue weighted by Crippen LogP contribution is 2.49. The predicted molar refractivity (Wildman–Crippen MR) is 106 cm³/mol. The van der Waals surface area contributed by atoms with Crippen molar-refractivity contribution in [2.45, 2.75) is 33.5 Å². The van der Waals surface area contributed by atoms with E-state index in [9.17, 15) is 8.78 Å². The Labute approximate surface area is 167 Å². The summed E-state index contributed by atoms with van der Waals surface area (Å²) in [4.78, 5) is 4.24. The first-order valence-corrected chi connectivity index (χ1v) is 9.34. The average molecular weight is 404 g/mol. The molecule has 2 heterocycles. The third-order valence-corrected chi connectivity index (χ3v) is 4.54. The van der Waals surface area contributed by atoms with Crippen LogP contribution in [0.1, 0.15) is 32.0 Å². The zero-order valence-electron chi connectivity index (χ0n) is 16.0. The minimum absolute atomic E-state index is 0.113. The average Bonchev–Trinajstić information content (AvgIpc) is 3.04. The number of hydrogen-bond donors (Lipinski definition) is 0. The summed E-state index contributed by atoms with van der Waals surface area (Å²) in [5.41, 5.74) is 1.28. The molecule has 3 nitrogen and oxygen atoms in total. The monoisotopic (exact) mass is 403 g/mol. The summed E-state index contributed by atoms with van der Waals surface area (Å²) in [7, 11) is 0. The van der Waals surface area contributed by atoms with Crippen molar-refractivity contribution in [2.75, 3.05) is 0 Å². The summed E-state index contributed by atoms with van der Waals surface area (Å²) in [6.45, 7) is 7.22. The minimum atomic E-state index is -1.19. The second-order valence-corrected chi connectivity index (χ2v) is 6.66. The molecule has 0 amide bonds. The van der Waals surface area contributed by atoms with Crippen molar-refractivity contribution in [3.8, 4) is 22.6 Å². The molecular formula is C22H20ClF2NO2. The van der Waals surface area contributed by atoms with Crippen LogP contribution in [0.3, 0.4) is 0 Å². The fourth-order valence-corrected chi connectivity index (χ4v) is 3.05. The Morgan fingerprint density at radius 1 is 0.964 bits per heavy atom. The molecule has 28 heavy (non-hydrogen) atoms. The highest BCUT2D eigenvalue weighted by Gasteiger charge is 2.41. The first-order valence-electron chi connectivity index (χ1n) is 8.96. The Morgan fingerprint density at radius 2 is 1.71 bits per heavy atom. The molecule has 6 heteroatoms. The summed E-state index contributed by atoms with van der Waals surface area (Å²) in [6, 6.07) is 10.8. The van der Waals surface area contributed by atoms with Gasteiger partial charge in [-0.25, -0.2) is 8.78 Å². The fraction of sp³-hybridized carbons (Fsp3) is 0.227. The van der Waals surface area contributed by atoms with Crippen molar-refractivity contribution in [2.24, 2.45) is 0 Å². The Balaban J connectivity index is 0.00000109. The molecule has 1 aromatic heterocycles. The number of fused-ring (bicyclic) bond motifs is 1. The van der Waals surface area contributed by atoms with E-state index in [1.54, 1.807) is 37.3 Å². The smallest absolute Gasteiger partial charge is 0.292 e. The summed E-state index contributed by atoms with van der Waals surface area (Å²) in [6.07, 6.45) is 1.49. The molecular weight excluding hydrogens is 384 g/mol. The molecule has 0 radical (unpaired) electrons. The van der Waals surface area contributed by atoms with E-state index >= 15 is 0 Å². The van der Waals surface area contributed by atoms with Crippen LogP contribution in [0.15, 0.2) is 48.7 Å². The van der Waals surface area contributed by atoms with Crippen LogP contribution in [0.4, 0.5) is 8.78 Å². The van der Waals surface area contributed by atoms with Gasteiger partial charge in [0.15, 0.2) is 11.5 Å². The molecule has 1 aliphatic heterocycles. The number of rotatable bonds is 2. The maximum absolute atomic E-state index is 14.5. The number of aryl methyl sites for hydroxylation is 1. The SMILES string of the molecule is CC.Cc1cc(F)c(-c2cccc3c2OC(C)(c2ccc(Cl)cn2)O3)cc1F. The topological polar surface area (TPSA) is 31.4 Å². The highest BCUT2D eigenvalue weighted by atomic mass is 35.5. The van der Waals surface area contributed by atoms with Crippen molar-refractivity contribution in [3.05, 3.63) is 76.6 Å². The van der Waals surface area contributed by atoms with Gasteiger partial charge < -0.3 is 9.47 Å². The van der Waals surface area contributed by atoms with Crippen LogP contribution in [0.25, 0.3) is 11.1 Å². The Morgan fingerprint density at radius 3 is 2.39 bits per heavy atom. The van der Waals surface area contributed by atoms with E-state index in [2.05, 4.69) is 4.98 Å². The molecule has 0 saturated carbocycles. The predicted octanol–water partition coefficient (Wildman–Crippen LogP) is 6.66. The number of para-hydroxylation sites is 1. The van der Waals surface area contributed by atoms with Crippen molar-refractivity contribution in [1.82, 2.24) is 4.98 Å². The van der Waals surface area contributed by atoms with E-state index in [1.165, 1.54) is 25.3 Å². The Kier molecular flexibility index (Phi) is 5.57. The van der Waals surface area contributed by atoms with Crippen LogP contribution in [-0.2, 0) is 5.79 Å². The summed E-state index contributed by atoms with van der Waals surface area (Å²) < 4.78 is 40.4. The fourth-order valence-electron chi connectivity index (χ4n) is 2.94. The van der Waals surface area contributed by atoms with E-state index < -0.39 is 17.4 Å². The normalized spacial score (nSPS) is 17.1. The van der Waals surface area contributed by atoms with Crippen molar-refractivity contribution < 1.29 is 18.3 Å². The maximum atomic E-state index is 14.5. The van der Waals surface area contributed by atoms with Gasteiger partial charge in [-0.15, -0.1) is 0 Å². The number of nitrogens with zero attached hydrogens (tertiary/aromatic N) is 1. The molecule has 3 aromatic rings. The molecule has 1 atom stereocenters. The lowest BCUT2D eigenvalue weighted by Gasteiger charge is -2.22. The molecule has 0 fully saturated rings. The summed E-state index contributed by atoms with van der Waals surface area (Å²) in [5.74, 6) is -1.43. The molecule has 1 unspecified atom stereocenters. The van der Waals surface area contributed by atoms with Gasteiger partial charge in [0.05, 0.1) is 5.02 Å². The van der Waals surface area contributed by atoms with Crippen LogP contribution in [0, 0.1) is 18.6 Å². The largest absolute Gasteiger partial charge is 0.443 e. The van der Waals surface area contributed by atoms with Gasteiger partial charge in [0.1, 0.15) is 17.3 Å². The Bertz CT molecular complexity index is 1010.